The first-order valence-corrected chi connectivity index (χ1v) is 5.02. The van der Waals surface area contributed by atoms with Crippen LogP contribution in [0.3, 0.4) is 0 Å². The van der Waals surface area contributed by atoms with E-state index in [0.29, 0.717) is 13.0 Å². The molecule has 0 amide bonds. The molecule has 3 heteroatoms. The highest BCUT2D eigenvalue weighted by Gasteiger charge is 2.38. The summed E-state index contributed by atoms with van der Waals surface area (Å²) < 4.78 is 26.1. The van der Waals surface area contributed by atoms with Crippen molar-refractivity contribution in [1.29, 1.82) is 0 Å². The van der Waals surface area contributed by atoms with Gasteiger partial charge < -0.3 is 5.32 Å². The first kappa shape index (κ1) is 9.84. The summed E-state index contributed by atoms with van der Waals surface area (Å²) in [5.41, 5.74) is -0.264. The molecule has 1 fully saturated rings. The maximum atomic E-state index is 13.1. The standard InChI is InChI=1S/C11H15F2N/c1-11(4-2-3-8(12)6-11)10-5-9(13)7-14-10/h2-3,6,9-10,14H,4-5,7H2,1H3/t9-,10+,11?/m0/s1. The zero-order chi connectivity index (χ0) is 10.2. The molecule has 0 aromatic rings. The van der Waals surface area contributed by atoms with Crippen LogP contribution in [0.5, 0.6) is 0 Å². The van der Waals surface area contributed by atoms with Gasteiger partial charge in [-0.25, -0.2) is 8.78 Å². The third-order valence-corrected chi connectivity index (χ3v) is 3.18. The van der Waals surface area contributed by atoms with Crippen LogP contribution in [0.25, 0.3) is 0 Å². The normalized spacial score (nSPS) is 42.6. The Morgan fingerprint density at radius 2 is 2.36 bits per heavy atom. The number of alkyl halides is 1. The molecular weight excluding hydrogens is 184 g/mol. The van der Waals surface area contributed by atoms with E-state index in [1.165, 1.54) is 6.08 Å². The van der Waals surface area contributed by atoms with Gasteiger partial charge in [-0.3, -0.25) is 0 Å². The Morgan fingerprint density at radius 1 is 1.57 bits per heavy atom. The minimum atomic E-state index is -0.779. The van der Waals surface area contributed by atoms with Crippen molar-refractivity contribution in [3.05, 3.63) is 24.1 Å². The molecule has 14 heavy (non-hydrogen) atoms. The van der Waals surface area contributed by atoms with E-state index in [0.717, 1.165) is 6.42 Å². The number of halogens is 2. The Bertz CT molecular complexity index is 285. The summed E-state index contributed by atoms with van der Waals surface area (Å²) in [5, 5.41) is 3.12. The average Bonchev–Trinajstić information content (AvgIpc) is 2.52. The highest BCUT2D eigenvalue weighted by molar-refractivity contribution is 5.23. The molecule has 1 heterocycles. The largest absolute Gasteiger partial charge is 0.310 e. The van der Waals surface area contributed by atoms with Crippen molar-refractivity contribution in [3.63, 3.8) is 0 Å². The summed E-state index contributed by atoms with van der Waals surface area (Å²) in [7, 11) is 0. The zero-order valence-electron chi connectivity index (χ0n) is 8.26. The highest BCUT2D eigenvalue weighted by atomic mass is 19.1. The summed E-state index contributed by atoms with van der Waals surface area (Å²) in [6.07, 6.45) is 5.41. The third-order valence-electron chi connectivity index (χ3n) is 3.18. The van der Waals surface area contributed by atoms with Crippen molar-refractivity contribution < 1.29 is 8.78 Å². The molecule has 1 aliphatic carbocycles. The van der Waals surface area contributed by atoms with E-state index in [1.807, 2.05) is 13.0 Å². The summed E-state index contributed by atoms with van der Waals surface area (Å²) in [5.74, 6) is -0.206. The fourth-order valence-corrected chi connectivity index (χ4v) is 2.29. The lowest BCUT2D eigenvalue weighted by molar-refractivity contribution is 0.282. The number of allylic oxidation sites excluding steroid dienone is 3. The molecule has 3 atom stereocenters. The van der Waals surface area contributed by atoms with Crippen LogP contribution < -0.4 is 5.32 Å². The second-order valence-corrected chi connectivity index (χ2v) is 4.44. The molecule has 0 saturated carbocycles. The molecule has 1 nitrogen and oxygen atoms in total. The molecule has 1 saturated heterocycles. The van der Waals surface area contributed by atoms with E-state index in [2.05, 4.69) is 5.32 Å². The van der Waals surface area contributed by atoms with Gasteiger partial charge in [0.1, 0.15) is 12.0 Å². The van der Waals surface area contributed by atoms with Crippen LogP contribution >= 0.6 is 0 Å². The first-order chi connectivity index (χ1) is 6.60. The van der Waals surface area contributed by atoms with E-state index >= 15 is 0 Å². The number of rotatable bonds is 1. The van der Waals surface area contributed by atoms with E-state index < -0.39 is 6.17 Å². The Kier molecular flexibility index (Phi) is 2.43. The second-order valence-electron chi connectivity index (χ2n) is 4.44. The molecule has 0 spiro atoms. The van der Waals surface area contributed by atoms with Gasteiger partial charge in [0.15, 0.2) is 0 Å². The SMILES string of the molecule is CC1([C@H]2C[C@H](F)CN2)C=C(F)C=CC1. The molecule has 0 bridgehead atoms. The maximum Gasteiger partial charge on any atom is 0.119 e. The highest BCUT2D eigenvalue weighted by Crippen LogP contribution is 2.37. The van der Waals surface area contributed by atoms with Gasteiger partial charge in [-0.2, -0.15) is 0 Å². The van der Waals surface area contributed by atoms with E-state index in [1.54, 1.807) is 6.08 Å². The fraction of sp³-hybridized carbons (Fsp3) is 0.636. The Morgan fingerprint density at radius 3 is 2.93 bits per heavy atom. The number of hydrogen-bond donors (Lipinski definition) is 1. The maximum absolute atomic E-state index is 13.1. The van der Waals surface area contributed by atoms with Crippen molar-refractivity contribution >= 4 is 0 Å². The van der Waals surface area contributed by atoms with E-state index in [-0.39, 0.29) is 17.3 Å². The number of nitrogens with one attached hydrogen (secondary N) is 1. The predicted octanol–water partition coefficient (Wildman–Crippen LogP) is 2.51. The van der Waals surface area contributed by atoms with Gasteiger partial charge in [0, 0.05) is 18.0 Å². The lowest BCUT2D eigenvalue weighted by atomic mass is 9.76. The fourth-order valence-electron chi connectivity index (χ4n) is 2.29. The molecule has 2 rings (SSSR count). The molecule has 1 unspecified atom stereocenters. The van der Waals surface area contributed by atoms with Gasteiger partial charge >= 0.3 is 0 Å². The van der Waals surface area contributed by atoms with Crippen LogP contribution in [0.15, 0.2) is 24.1 Å². The minimum absolute atomic E-state index is 0.0631. The molecule has 78 valence electrons. The molecule has 0 radical (unpaired) electrons. The van der Waals surface area contributed by atoms with E-state index in [4.69, 9.17) is 0 Å². The third kappa shape index (κ3) is 1.73. The predicted molar refractivity (Wildman–Crippen MR) is 52.4 cm³/mol. The van der Waals surface area contributed by atoms with Crippen LogP contribution in [0.2, 0.25) is 0 Å². The summed E-state index contributed by atoms with van der Waals surface area (Å²) in [6.45, 7) is 2.38. The summed E-state index contributed by atoms with van der Waals surface area (Å²) in [4.78, 5) is 0. The van der Waals surface area contributed by atoms with Crippen LogP contribution in [-0.2, 0) is 0 Å². The molecule has 2 aliphatic rings. The molecule has 1 N–H and O–H groups in total. The topological polar surface area (TPSA) is 12.0 Å². The van der Waals surface area contributed by atoms with Crippen molar-refractivity contribution in [2.45, 2.75) is 32.0 Å². The first-order valence-electron chi connectivity index (χ1n) is 5.02. The van der Waals surface area contributed by atoms with Gasteiger partial charge in [0.2, 0.25) is 0 Å². The van der Waals surface area contributed by atoms with Gasteiger partial charge in [-0.1, -0.05) is 13.0 Å². The van der Waals surface area contributed by atoms with Crippen LogP contribution in [0, 0.1) is 5.41 Å². The molecular formula is C11H15F2N. The van der Waals surface area contributed by atoms with Crippen LogP contribution in [-0.4, -0.2) is 18.8 Å². The van der Waals surface area contributed by atoms with Gasteiger partial charge in [0.25, 0.3) is 0 Å². The smallest absolute Gasteiger partial charge is 0.119 e. The quantitative estimate of drug-likeness (QED) is 0.684. The van der Waals surface area contributed by atoms with Gasteiger partial charge in [-0.05, 0) is 25.0 Å². The lowest BCUT2D eigenvalue weighted by Crippen LogP contribution is -2.38. The van der Waals surface area contributed by atoms with Crippen molar-refractivity contribution in [2.24, 2.45) is 5.41 Å². The Labute approximate surface area is 82.9 Å². The minimum Gasteiger partial charge on any atom is -0.310 e. The van der Waals surface area contributed by atoms with Gasteiger partial charge in [-0.15, -0.1) is 0 Å². The van der Waals surface area contributed by atoms with Crippen molar-refractivity contribution in [3.8, 4) is 0 Å². The Balaban J connectivity index is 2.13. The summed E-state index contributed by atoms with van der Waals surface area (Å²) in [6, 6.07) is 0.0631. The van der Waals surface area contributed by atoms with E-state index in [9.17, 15) is 8.78 Å². The second kappa shape index (κ2) is 3.46. The molecule has 0 aromatic carbocycles. The summed E-state index contributed by atoms with van der Waals surface area (Å²) >= 11 is 0. The monoisotopic (exact) mass is 199 g/mol. The molecule has 1 aliphatic heterocycles. The zero-order valence-corrected chi connectivity index (χ0v) is 8.26. The number of hydrogen-bond acceptors (Lipinski definition) is 1. The van der Waals surface area contributed by atoms with Crippen molar-refractivity contribution in [2.75, 3.05) is 6.54 Å². The Hall–Kier alpha value is -0.700. The lowest BCUT2D eigenvalue weighted by Gasteiger charge is -2.33. The van der Waals surface area contributed by atoms with Crippen LogP contribution in [0.4, 0.5) is 8.78 Å². The average molecular weight is 199 g/mol. The molecule has 0 aromatic heterocycles. The van der Waals surface area contributed by atoms with Crippen LogP contribution in [0.1, 0.15) is 19.8 Å². The van der Waals surface area contributed by atoms with Crippen molar-refractivity contribution in [1.82, 2.24) is 5.32 Å². The van der Waals surface area contributed by atoms with Gasteiger partial charge in [0.05, 0.1) is 0 Å².